The average molecular weight is 443 g/mol. The standard InChI is InChI=1S/C27H34BN3O2/c1-26(2,32)27(3,4)33-28-22-12-10-19-15-18(8-9-20(19)16-22)21-11-13-23-24(17-21)31-25(30-23)7-5-6-14-29/h8-13,15-17,28,32H,5-7,14,29H2,1-4H3,(H,30,31). The summed E-state index contributed by atoms with van der Waals surface area (Å²) in [7, 11) is 0.457. The first-order chi connectivity index (χ1) is 15.7. The van der Waals surface area contributed by atoms with Gasteiger partial charge >= 0.3 is 7.48 Å². The van der Waals surface area contributed by atoms with Gasteiger partial charge in [0, 0.05) is 6.42 Å². The van der Waals surface area contributed by atoms with Gasteiger partial charge in [0.05, 0.1) is 22.2 Å². The second-order valence-electron chi connectivity index (χ2n) is 9.92. The highest BCUT2D eigenvalue weighted by atomic mass is 16.5. The number of benzene rings is 3. The van der Waals surface area contributed by atoms with E-state index in [1.54, 1.807) is 13.8 Å². The summed E-state index contributed by atoms with van der Waals surface area (Å²) in [6, 6.07) is 19.3. The number of hydrogen-bond acceptors (Lipinski definition) is 4. The summed E-state index contributed by atoms with van der Waals surface area (Å²) in [5, 5.41) is 12.7. The van der Waals surface area contributed by atoms with Gasteiger partial charge in [-0.1, -0.05) is 41.9 Å². The monoisotopic (exact) mass is 443 g/mol. The van der Waals surface area contributed by atoms with Crippen molar-refractivity contribution < 1.29 is 9.76 Å². The van der Waals surface area contributed by atoms with Crippen LogP contribution in [0, 0.1) is 0 Å². The van der Waals surface area contributed by atoms with Crippen LogP contribution in [-0.4, -0.2) is 40.3 Å². The molecule has 0 bridgehead atoms. The number of aryl methyl sites for hydroxylation is 1. The lowest BCUT2D eigenvalue weighted by Gasteiger charge is -2.37. The second-order valence-corrected chi connectivity index (χ2v) is 9.92. The van der Waals surface area contributed by atoms with Gasteiger partial charge in [-0.05, 0) is 87.2 Å². The van der Waals surface area contributed by atoms with Gasteiger partial charge in [-0.15, -0.1) is 0 Å². The minimum atomic E-state index is -0.917. The van der Waals surface area contributed by atoms with Crippen molar-refractivity contribution in [1.29, 1.82) is 0 Å². The molecule has 0 spiro atoms. The van der Waals surface area contributed by atoms with Gasteiger partial charge in [-0.2, -0.15) is 0 Å². The van der Waals surface area contributed by atoms with Crippen LogP contribution in [0.3, 0.4) is 0 Å². The van der Waals surface area contributed by atoms with Crippen LogP contribution in [0.4, 0.5) is 0 Å². The molecule has 0 aliphatic heterocycles. The maximum absolute atomic E-state index is 10.3. The van der Waals surface area contributed by atoms with E-state index in [1.807, 2.05) is 13.8 Å². The van der Waals surface area contributed by atoms with Gasteiger partial charge in [0.2, 0.25) is 0 Å². The number of nitrogens with one attached hydrogen (secondary N) is 1. The molecular formula is C27H34BN3O2. The van der Waals surface area contributed by atoms with Crippen molar-refractivity contribution in [3.05, 3.63) is 60.4 Å². The Labute approximate surface area is 196 Å². The normalized spacial score (nSPS) is 12.5. The lowest BCUT2D eigenvalue weighted by atomic mass is 9.82. The molecule has 172 valence electrons. The van der Waals surface area contributed by atoms with Crippen LogP contribution in [0.25, 0.3) is 32.9 Å². The molecule has 0 aliphatic carbocycles. The Morgan fingerprint density at radius 1 is 0.939 bits per heavy atom. The van der Waals surface area contributed by atoms with Crippen molar-refractivity contribution in [1.82, 2.24) is 9.97 Å². The number of nitrogens with two attached hydrogens (primary N) is 1. The Morgan fingerprint density at radius 2 is 1.64 bits per heavy atom. The Balaban J connectivity index is 1.53. The summed E-state index contributed by atoms with van der Waals surface area (Å²) in [5.74, 6) is 1.02. The van der Waals surface area contributed by atoms with Crippen LogP contribution in [0.5, 0.6) is 0 Å². The van der Waals surface area contributed by atoms with Crippen molar-refractivity contribution >= 4 is 34.8 Å². The number of rotatable bonds is 9. The Kier molecular flexibility index (Phi) is 6.62. The van der Waals surface area contributed by atoms with E-state index in [2.05, 4.69) is 59.6 Å². The third-order valence-corrected chi connectivity index (χ3v) is 6.71. The fourth-order valence-corrected chi connectivity index (χ4v) is 3.80. The molecule has 0 atom stereocenters. The predicted molar refractivity (Wildman–Crippen MR) is 139 cm³/mol. The van der Waals surface area contributed by atoms with Crippen molar-refractivity contribution in [3.8, 4) is 11.1 Å². The zero-order valence-electron chi connectivity index (χ0n) is 20.1. The first kappa shape index (κ1) is 23.5. The third-order valence-electron chi connectivity index (χ3n) is 6.71. The van der Waals surface area contributed by atoms with Crippen molar-refractivity contribution in [2.24, 2.45) is 5.73 Å². The SMILES string of the molecule is CC(C)(O)C(C)(C)OBc1ccc2cc(-c3ccc4nc(CCCCN)[nH]c4c3)ccc2c1. The fraction of sp³-hybridized carbons (Fsp3) is 0.370. The number of H-pyrrole nitrogens is 1. The van der Waals surface area contributed by atoms with E-state index < -0.39 is 11.2 Å². The van der Waals surface area contributed by atoms with E-state index >= 15 is 0 Å². The highest BCUT2D eigenvalue weighted by Crippen LogP contribution is 2.27. The van der Waals surface area contributed by atoms with Crippen LogP contribution >= 0.6 is 0 Å². The van der Waals surface area contributed by atoms with Gasteiger partial charge in [0.15, 0.2) is 0 Å². The van der Waals surface area contributed by atoms with Crippen molar-refractivity contribution in [2.45, 2.75) is 58.2 Å². The lowest BCUT2D eigenvalue weighted by molar-refractivity contribution is -0.0893. The fourth-order valence-electron chi connectivity index (χ4n) is 3.80. The molecule has 6 heteroatoms. The maximum atomic E-state index is 10.3. The molecule has 1 aromatic heterocycles. The van der Waals surface area contributed by atoms with Gasteiger partial charge < -0.3 is 20.5 Å². The van der Waals surface area contributed by atoms with E-state index in [0.29, 0.717) is 7.48 Å². The third kappa shape index (κ3) is 5.30. The van der Waals surface area contributed by atoms with E-state index in [4.69, 9.17) is 15.4 Å². The predicted octanol–water partition coefficient (Wildman–Crippen LogP) is 4.21. The molecule has 0 radical (unpaired) electrons. The second kappa shape index (κ2) is 9.30. The minimum absolute atomic E-state index is 0.457. The molecule has 0 saturated heterocycles. The van der Waals surface area contributed by atoms with Gasteiger partial charge in [-0.3, -0.25) is 0 Å². The highest BCUT2D eigenvalue weighted by Gasteiger charge is 2.35. The lowest BCUT2D eigenvalue weighted by Crippen LogP contribution is -2.49. The topological polar surface area (TPSA) is 84.2 Å². The van der Waals surface area contributed by atoms with Crippen molar-refractivity contribution in [3.63, 3.8) is 0 Å². The molecule has 0 fully saturated rings. The molecule has 5 nitrogen and oxygen atoms in total. The molecule has 0 aliphatic rings. The Hall–Kier alpha value is -2.67. The van der Waals surface area contributed by atoms with E-state index in [0.717, 1.165) is 48.1 Å². The molecular weight excluding hydrogens is 409 g/mol. The van der Waals surface area contributed by atoms with E-state index in [9.17, 15) is 5.11 Å². The molecule has 0 amide bonds. The van der Waals surface area contributed by atoms with Crippen LogP contribution < -0.4 is 11.2 Å². The van der Waals surface area contributed by atoms with Gasteiger partial charge in [0.1, 0.15) is 5.82 Å². The smallest absolute Gasteiger partial charge is 0.309 e. The zero-order valence-corrected chi connectivity index (χ0v) is 20.1. The average Bonchev–Trinajstić information content (AvgIpc) is 3.18. The molecule has 1 heterocycles. The van der Waals surface area contributed by atoms with Crippen LogP contribution in [-0.2, 0) is 11.1 Å². The van der Waals surface area contributed by atoms with Crippen LogP contribution in [0.2, 0.25) is 0 Å². The molecule has 4 rings (SSSR count). The quantitative estimate of drug-likeness (QED) is 0.267. The molecule has 0 saturated carbocycles. The summed E-state index contributed by atoms with van der Waals surface area (Å²) in [5.41, 5.74) is 9.55. The molecule has 0 unspecified atom stereocenters. The van der Waals surface area contributed by atoms with Gasteiger partial charge in [-0.25, -0.2) is 4.98 Å². The first-order valence-corrected chi connectivity index (χ1v) is 11.7. The van der Waals surface area contributed by atoms with Crippen LogP contribution in [0.15, 0.2) is 54.6 Å². The summed E-state index contributed by atoms with van der Waals surface area (Å²) < 4.78 is 6.03. The first-order valence-electron chi connectivity index (χ1n) is 11.7. The summed E-state index contributed by atoms with van der Waals surface area (Å²) in [6.07, 6.45) is 3.00. The number of hydrogen-bond donors (Lipinski definition) is 3. The van der Waals surface area contributed by atoms with E-state index in [1.165, 1.54) is 21.9 Å². The zero-order chi connectivity index (χ0) is 23.6. The summed E-state index contributed by atoms with van der Waals surface area (Å²) in [4.78, 5) is 8.17. The number of fused-ring (bicyclic) bond motifs is 2. The molecule has 4 N–H and O–H groups in total. The summed E-state index contributed by atoms with van der Waals surface area (Å²) in [6.45, 7) is 8.11. The number of aliphatic hydroxyl groups is 1. The molecule has 4 aromatic rings. The minimum Gasteiger partial charge on any atom is -0.427 e. The van der Waals surface area contributed by atoms with Gasteiger partial charge in [0.25, 0.3) is 0 Å². The maximum Gasteiger partial charge on any atom is 0.309 e. The molecule has 3 aromatic carbocycles. The molecule has 33 heavy (non-hydrogen) atoms. The number of aromatic nitrogens is 2. The number of unbranched alkanes of at least 4 members (excludes halogenated alkanes) is 1. The largest absolute Gasteiger partial charge is 0.427 e. The highest BCUT2D eigenvalue weighted by molar-refractivity contribution is 6.47. The van der Waals surface area contributed by atoms with Crippen molar-refractivity contribution in [2.75, 3.05) is 6.54 Å². The number of imidazole rings is 1. The Morgan fingerprint density at radius 3 is 2.39 bits per heavy atom. The number of aromatic amines is 1. The number of nitrogens with zero attached hydrogens (tertiary/aromatic N) is 1. The van der Waals surface area contributed by atoms with Crippen LogP contribution in [0.1, 0.15) is 46.4 Å². The summed E-state index contributed by atoms with van der Waals surface area (Å²) >= 11 is 0. The Bertz CT molecular complexity index is 1260. The van der Waals surface area contributed by atoms with E-state index in [-0.39, 0.29) is 0 Å².